The fourth-order valence-corrected chi connectivity index (χ4v) is 6.12. The number of nitrogens with one attached hydrogen (secondary N) is 1. The summed E-state index contributed by atoms with van der Waals surface area (Å²) in [5.41, 5.74) is 4.84. The topological polar surface area (TPSA) is 69.0 Å². The summed E-state index contributed by atoms with van der Waals surface area (Å²) in [6, 6.07) is 17.8. The molecule has 0 bridgehead atoms. The molecule has 6 nitrogen and oxygen atoms in total. The lowest BCUT2D eigenvalue weighted by Crippen LogP contribution is -2.53. The summed E-state index contributed by atoms with van der Waals surface area (Å²) in [5, 5.41) is 9.32. The summed E-state index contributed by atoms with van der Waals surface area (Å²) in [5.74, 6) is 0.568. The molecule has 1 N–H and O–H groups in total. The van der Waals surface area contributed by atoms with Crippen LogP contribution in [0.4, 0.5) is 0 Å². The van der Waals surface area contributed by atoms with E-state index in [0.717, 1.165) is 40.6 Å². The van der Waals surface area contributed by atoms with E-state index in [0.29, 0.717) is 28.5 Å². The van der Waals surface area contributed by atoms with E-state index in [4.69, 9.17) is 16.3 Å². The molecule has 2 fully saturated rings. The number of hydrogen-bond donors (Lipinski definition) is 1. The number of fused-ring (bicyclic) bond motifs is 1. The first-order valence-electron chi connectivity index (χ1n) is 13.1. The molecule has 6 rings (SSSR count). The SMILES string of the molecule is CCOc1cccc(-c2ccc(C(C)n3ncc4c(Cl)ccc(C(=O)NC5CC6(CCC6)C5)c43)cc2)n1. The maximum absolute atomic E-state index is 13.4. The van der Waals surface area contributed by atoms with Crippen LogP contribution in [-0.2, 0) is 0 Å². The molecule has 190 valence electrons. The van der Waals surface area contributed by atoms with Crippen molar-refractivity contribution >= 4 is 28.4 Å². The summed E-state index contributed by atoms with van der Waals surface area (Å²) in [4.78, 5) is 18.0. The Hall–Kier alpha value is -3.38. The van der Waals surface area contributed by atoms with Crippen molar-refractivity contribution in [3.8, 4) is 17.1 Å². The minimum absolute atomic E-state index is 0.0506. The Morgan fingerprint density at radius 3 is 2.65 bits per heavy atom. The molecule has 7 heteroatoms. The first-order chi connectivity index (χ1) is 18.0. The molecule has 4 aromatic rings. The second-order valence-corrected chi connectivity index (χ2v) is 10.9. The van der Waals surface area contributed by atoms with Gasteiger partial charge in [-0.3, -0.25) is 9.48 Å². The number of amides is 1. The maximum atomic E-state index is 13.4. The molecule has 2 saturated carbocycles. The molecule has 1 atom stereocenters. The molecule has 0 radical (unpaired) electrons. The molecule has 0 saturated heterocycles. The monoisotopic (exact) mass is 514 g/mol. The largest absolute Gasteiger partial charge is 0.478 e. The van der Waals surface area contributed by atoms with Gasteiger partial charge in [-0.15, -0.1) is 0 Å². The van der Waals surface area contributed by atoms with Crippen LogP contribution < -0.4 is 10.1 Å². The Morgan fingerprint density at radius 1 is 1.16 bits per heavy atom. The molecule has 2 aliphatic rings. The second kappa shape index (κ2) is 9.49. The lowest BCUT2D eigenvalue weighted by atomic mass is 9.54. The van der Waals surface area contributed by atoms with E-state index >= 15 is 0 Å². The van der Waals surface area contributed by atoms with Gasteiger partial charge in [-0.05, 0) is 68.7 Å². The number of benzene rings is 2. The molecule has 1 amide bonds. The van der Waals surface area contributed by atoms with Gasteiger partial charge < -0.3 is 10.1 Å². The Bertz CT molecular complexity index is 1450. The number of nitrogens with zero attached hydrogens (tertiary/aromatic N) is 3. The third-order valence-electron chi connectivity index (χ3n) is 8.13. The van der Waals surface area contributed by atoms with Crippen LogP contribution >= 0.6 is 11.6 Å². The highest BCUT2D eigenvalue weighted by Crippen LogP contribution is 2.55. The smallest absolute Gasteiger partial charge is 0.253 e. The van der Waals surface area contributed by atoms with Crippen molar-refractivity contribution in [3.05, 3.63) is 76.9 Å². The van der Waals surface area contributed by atoms with Gasteiger partial charge in [-0.2, -0.15) is 5.10 Å². The van der Waals surface area contributed by atoms with E-state index in [-0.39, 0.29) is 18.0 Å². The number of carbonyl (C=O) groups is 1. The number of rotatable bonds is 7. The first kappa shape index (κ1) is 24.0. The highest BCUT2D eigenvalue weighted by Gasteiger charge is 2.48. The zero-order chi connectivity index (χ0) is 25.6. The normalized spacial score (nSPS) is 17.3. The van der Waals surface area contributed by atoms with Crippen molar-refractivity contribution in [3.63, 3.8) is 0 Å². The molecular weight excluding hydrogens is 484 g/mol. The standard InChI is InChI=1S/C30H31ClN4O2/c1-3-37-27-7-4-6-26(34-27)21-10-8-20(9-11-21)19(2)35-28-23(12-13-25(31)24(28)18-32-35)29(36)33-22-16-30(17-22)14-5-15-30/h4,6-13,18-19,22H,3,5,14-17H2,1-2H3,(H,33,36). The van der Waals surface area contributed by atoms with E-state index in [1.807, 2.05) is 35.9 Å². The van der Waals surface area contributed by atoms with E-state index in [1.54, 1.807) is 12.3 Å². The van der Waals surface area contributed by atoms with Crippen molar-refractivity contribution in [2.24, 2.45) is 5.41 Å². The fourth-order valence-electron chi connectivity index (χ4n) is 5.92. The predicted molar refractivity (Wildman–Crippen MR) is 146 cm³/mol. The van der Waals surface area contributed by atoms with Crippen LogP contribution in [-0.4, -0.2) is 33.3 Å². The number of hydrogen-bond acceptors (Lipinski definition) is 4. The highest BCUT2D eigenvalue weighted by atomic mass is 35.5. The Labute approximate surface area is 222 Å². The van der Waals surface area contributed by atoms with E-state index in [9.17, 15) is 4.79 Å². The Balaban J connectivity index is 1.26. The lowest BCUT2D eigenvalue weighted by Gasteiger charge is -2.54. The number of ether oxygens (including phenoxy) is 1. The minimum Gasteiger partial charge on any atom is -0.478 e. The summed E-state index contributed by atoms with van der Waals surface area (Å²) in [7, 11) is 0. The second-order valence-electron chi connectivity index (χ2n) is 10.5. The maximum Gasteiger partial charge on any atom is 0.253 e. The number of aromatic nitrogens is 3. The van der Waals surface area contributed by atoms with E-state index in [1.165, 1.54) is 19.3 Å². The predicted octanol–water partition coefficient (Wildman–Crippen LogP) is 6.82. The van der Waals surface area contributed by atoms with Gasteiger partial charge in [0.2, 0.25) is 5.88 Å². The van der Waals surface area contributed by atoms with Gasteiger partial charge in [-0.1, -0.05) is 48.4 Å². The third kappa shape index (κ3) is 4.37. The summed E-state index contributed by atoms with van der Waals surface area (Å²) in [6.45, 7) is 4.61. The molecule has 0 aliphatic heterocycles. The van der Waals surface area contributed by atoms with Crippen LogP contribution in [0.5, 0.6) is 5.88 Å². The number of halogens is 1. The lowest BCUT2D eigenvalue weighted by molar-refractivity contribution is -0.000604. The quantitative estimate of drug-likeness (QED) is 0.293. The highest BCUT2D eigenvalue weighted by molar-refractivity contribution is 6.36. The zero-order valence-corrected chi connectivity index (χ0v) is 22.0. The molecule has 37 heavy (non-hydrogen) atoms. The number of carbonyl (C=O) groups excluding carboxylic acids is 1. The molecule has 1 spiro atoms. The van der Waals surface area contributed by atoms with Gasteiger partial charge in [0.25, 0.3) is 5.91 Å². The fraction of sp³-hybridized carbons (Fsp3) is 0.367. The van der Waals surface area contributed by atoms with Crippen molar-refractivity contribution in [1.29, 1.82) is 0 Å². The van der Waals surface area contributed by atoms with Crippen LogP contribution in [0.25, 0.3) is 22.2 Å². The summed E-state index contributed by atoms with van der Waals surface area (Å²) in [6.07, 6.45) is 7.89. The van der Waals surface area contributed by atoms with Gasteiger partial charge in [0.05, 0.1) is 40.6 Å². The molecule has 2 aliphatic carbocycles. The molecule has 1 unspecified atom stereocenters. The molecular formula is C30H31ClN4O2. The van der Waals surface area contributed by atoms with Crippen LogP contribution in [0.2, 0.25) is 5.02 Å². The van der Waals surface area contributed by atoms with Gasteiger partial charge >= 0.3 is 0 Å². The summed E-state index contributed by atoms with van der Waals surface area (Å²) < 4.78 is 7.46. The van der Waals surface area contributed by atoms with Crippen molar-refractivity contribution in [2.45, 2.75) is 58.0 Å². The average Bonchev–Trinajstić information content (AvgIpc) is 3.31. The molecule has 2 aromatic heterocycles. The first-order valence-corrected chi connectivity index (χ1v) is 13.5. The average molecular weight is 515 g/mol. The van der Waals surface area contributed by atoms with E-state index < -0.39 is 0 Å². The molecule has 2 aromatic carbocycles. The van der Waals surface area contributed by atoms with Gasteiger partial charge in [0.15, 0.2) is 0 Å². The molecule has 2 heterocycles. The summed E-state index contributed by atoms with van der Waals surface area (Å²) >= 11 is 6.53. The Kier molecular flexibility index (Phi) is 6.15. The number of pyridine rings is 1. The van der Waals surface area contributed by atoms with Gasteiger partial charge in [0.1, 0.15) is 0 Å². The van der Waals surface area contributed by atoms with Crippen LogP contribution in [0.15, 0.2) is 60.8 Å². The van der Waals surface area contributed by atoms with Crippen molar-refractivity contribution in [2.75, 3.05) is 6.61 Å². The minimum atomic E-state index is -0.0961. The zero-order valence-electron chi connectivity index (χ0n) is 21.2. The van der Waals surface area contributed by atoms with Crippen LogP contribution in [0, 0.1) is 5.41 Å². The van der Waals surface area contributed by atoms with Crippen LogP contribution in [0.1, 0.15) is 67.9 Å². The Morgan fingerprint density at radius 2 is 1.95 bits per heavy atom. The van der Waals surface area contributed by atoms with Gasteiger partial charge in [-0.25, -0.2) is 4.98 Å². The van der Waals surface area contributed by atoms with Crippen LogP contribution in [0.3, 0.4) is 0 Å². The van der Waals surface area contributed by atoms with Crippen molar-refractivity contribution < 1.29 is 9.53 Å². The van der Waals surface area contributed by atoms with E-state index in [2.05, 4.69) is 46.6 Å². The van der Waals surface area contributed by atoms with Gasteiger partial charge in [0, 0.05) is 23.1 Å². The third-order valence-corrected chi connectivity index (χ3v) is 8.46. The van der Waals surface area contributed by atoms with Crippen molar-refractivity contribution in [1.82, 2.24) is 20.1 Å².